The minimum atomic E-state index is -6.09. The highest BCUT2D eigenvalue weighted by atomic mass is 32.2. The van der Waals surface area contributed by atoms with Gasteiger partial charge in [0.2, 0.25) is 0 Å². The zero-order chi connectivity index (χ0) is 30.6. The van der Waals surface area contributed by atoms with E-state index in [0.29, 0.717) is 37.1 Å². The number of ether oxygens (including phenoxy) is 1. The summed E-state index contributed by atoms with van der Waals surface area (Å²) in [6.07, 6.45) is -12.3. The number of hydrogen-bond donors (Lipinski definition) is 2. The molecule has 2 amide bonds. The quantitative estimate of drug-likeness (QED) is 0.468. The third-order valence-corrected chi connectivity index (χ3v) is 8.93. The predicted molar refractivity (Wildman–Crippen MR) is 128 cm³/mol. The molecule has 2 aliphatic rings. The van der Waals surface area contributed by atoms with Crippen molar-refractivity contribution in [3.63, 3.8) is 0 Å². The summed E-state index contributed by atoms with van der Waals surface area (Å²) in [5, 5.41) is 21.1. The zero-order valence-corrected chi connectivity index (χ0v) is 21.8. The van der Waals surface area contributed by atoms with E-state index in [-0.39, 0.29) is 28.3 Å². The van der Waals surface area contributed by atoms with Crippen molar-refractivity contribution in [1.29, 1.82) is 5.26 Å². The Hall–Kier alpha value is -3.84. The van der Waals surface area contributed by atoms with Crippen LogP contribution < -0.4 is 5.32 Å². The Morgan fingerprint density at radius 2 is 1.68 bits per heavy atom. The van der Waals surface area contributed by atoms with Crippen LogP contribution in [0.3, 0.4) is 0 Å². The van der Waals surface area contributed by atoms with E-state index in [0.717, 1.165) is 12.0 Å². The Bertz CT molecular complexity index is 1510. The number of carbonyl (C=O) groups excluding carboxylic acids is 2. The van der Waals surface area contributed by atoms with E-state index in [4.69, 9.17) is 4.74 Å². The highest BCUT2D eigenvalue weighted by molar-refractivity contribution is 7.91. The molecule has 2 aromatic carbocycles. The highest BCUT2D eigenvalue weighted by Crippen LogP contribution is 2.50. The van der Waals surface area contributed by atoms with Crippen molar-refractivity contribution in [1.82, 2.24) is 4.90 Å². The number of carbonyl (C=O) groups is 2. The normalized spacial score (nSPS) is 18.3. The smallest absolute Gasteiger partial charge is 0.430 e. The van der Waals surface area contributed by atoms with Gasteiger partial charge in [-0.05, 0) is 48.2 Å². The lowest BCUT2D eigenvalue weighted by Crippen LogP contribution is -2.53. The first-order valence-corrected chi connectivity index (χ1v) is 13.4. The number of benzene rings is 2. The summed E-state index contributed by atoms with van der Waals surface area (Å²) in [4.78, 5) is 26.5. The molecule has 16 heteroatoms. The lowest BCUT2D eigenvalue weighted by atomic mass is 9.92. The van der Waals surface area contributed by atoms with Crippen molar-refractivity contribution in [3.8, 4) is 6.07 Å². The average molecular weight is 606 g/mol. The van der Waals surface area contributed by atoms with E-state index < -0.39 is 62.6 Å². The first-order valence-electron chi connectivity index (χ1n) is 11.8. The number of nitrogens with zero attached hydrogens (tertiary/aromatic N) is 2. The SMILES string of the molecule is COC(=O)N1Cc2cc(S(=O)(=O)CC3(C#N)CC3)ccc2C1C(=O)Nc1ccc(C(O)(C(F)(F)F)C(F)(F)F)cc1. The Labute approximate surface area is 229 Å². The van der Waals surface area contributed by atoms with Crippen LogP contribution in [0.4, 0.5) is 36.8 Å². The van der Waals surface area contributed by atoms with Gasteiger partial charge >= 0.3 is 18.4 Å². The molecule has 1 fully saturated rings. The Kier molecular flexibility index (Phi) is 7.28. The van der Waals surface area contributed by atoms with Crippen LogP contribution in [0.15, 0.2) is 47.4 Å². The molecule has 1 atom stereocenters. The van der Waals surface area contributed by atoms with Gasteiger partial charge in [-0.2, -0.15) is 31.6 Å². The second-order valence-corrected chi connectivity index (χ2v) is 11.8. The number of aliphatic hydroxyl groups is 1. The molecule has 4 rings (SSSR count). The molecule has 41 heavy (non-hydrogen) atoms. The van der Waals surface area contributed by atoms with Gasteiger partial charge in [0.05, 0.1) is 35.8 Å². The molecule has 1 heterocycles. The molecule has 1 saturated carbocycles. The summed E-state index contributed by atoms with van der Waals surface area (Å²) in [6, 6.07) is 6.52. The number of nitriles is 1. The first kappa shape index (κ1) is 30.1. The summed E-state index contributed by atoms with van der Waals surface area (Å²) in [7, 11) is -2.86. The van der Waals surface area contributed by atoms with Crippen molar-refractivity contribution in [2.45, 2.75) is 48.3 Å². The molecular weight excluding hydrogens is 584 g/mol. The van der Waals surface area contributed by atoms with E-state index >= 15 is 0 Å². The largest absolute Gasteiger partial charge is 0.453 e. The summed E-state index contributed by atoms with van der Waals surface area (Å²) < 4.78 is 109. The standard InChI is InChI=1S/C25H21F6N3O6S/c1-40-21(36)34-11-14-10-17(41(38,39)13-22(12-32)8-9-22)6-7-18(14)19(34)20(35)33-16-4-2-15(3-5-16)23(37,24(26,27)28)25(29,30)31/h2-7,10,19,37H,8-9,11,13H2,1H3,(H,33,35). The highest BCUT2D eigenvalue weighted by Gasteiger charge is 2.71. The number of methoxy groups -OCH3 is 1. The fourth-order valence-electron chi connectivity index (χ4n) is 4.57. The Morgan fingerprint density at radius 1 is 1.10 bits per heavy atom. The Balaban J connectivity index is 1.62. The van der Waals surface area contributed by atoms with Gasteiger partial charge in [0.1, 0.15) is 6.04 Å². The van der Waals surface area contributed by atoms with Crippen LogP contribution in [-0.2, 0) is 31.5 Å². The van der Waals surface area contributed by atoms with Gasteiger partial charge in [0.15, 0.2) is 9.84 Å². The number of halogens is 6. The van der Waals surface area contributed by atoms with Crippen LogP contribution in [0.1, 0.15) is 35.6 Å². The van der Waals surface area contributed by atoms with Gasteiger partial charge in [-0.25, -0.2) is 13.2 Å². The minimum absolute atomic E-state index is 0.124. The molecule has 0 aromatic heterocycles. The summed E-state index contributed by atoms with van der Waals surface area (Å²) >= 11 is 0. The van der Waals surface area contributed by atoms with Crippen LogP contribution in [0.2, 0.25) is 0 Å². The van der Waals surface area contributed by atoms with E-state index in [2.05, 4.69) is 5.32 Å². The number of hydrogen-bond acceptors (Lipinski definition) is 7. The van der Waals surface area contributed by atoms with Gasteiger partial charge in [0.25, 0.3) is 11.5 Å². The lowest BCUT2D eigenvalue weighted by Gasteiger charge is -2.32. The maximum Gasteiger partial charge on any atom is 0.430 e. The number of sulfone groups is 1. The molecule has 2 aromatic rings. The predicted octanol–water partition coefficient (Wildman–Crippen LogP) is 4.34. The van der Waals surface area contributed by atoms with Crippen molar-refractivity contribution >= 4 is 27.5 Å². The van der Waals surface area contributed by atoms with E-state index in [1.807, 2.05) is 6.07 Å². The molecule has 9 nitrogen and oxygen atoms in total. The molecule has 1 aliphatic heterocycles. The molecule has 0 spiro atoms. The van der Waals surface area contributed by atoms with Crippen LogP contribution in [0.5, 0.6) is 0 Å². The van der Waals surface area contributed by atoms with Crippen LogP contribution in [0, 0.1) is 16.7 Å². The van der Waals surface area contributed by atoms with Gasteiger partial charge < -0.3 is 15.2 Å². The maximum absolute atomic E-state index is 13.2. The van der Waals surface area contributed by atoms with Gasteiger partial charge in [0, 0.05) is 11.3 Å². The number of rotatable bonds is 6. The van der Waals surface area contributed by atoms with Crippen LogP contribution in [0.25, 0.3) is 0 Å². The van der Waals surface area contributed by atoms with Crippen molar-refractivity contribution in [3.05, 3.63) is 59.2 Å². The summed E-state index contributed by atoms with van der Waals surface area (Å²) in [5.74, 6) is -1.32. The summed E-state index contributed by atoms with van der Waals surface area (Å²) in [5.41, 5.74) is -7.42. The maximum atomic E-state index is 13.2. The van der Waals surface area contributed by atoms with Gasteiger partial charge in [-0.1, -0.05) is 18.2 Å². The van der Waals surface area contributed by atoms with E-state index in [9.17, 15) is 54.7 Å². The molecule has 220 valence electrons. The monoisotopic (exact) mass is 605 g/mol. The minimum Gasteiger partial charge on any atom is -0.453 e. The molecule has 1 aliphatic carbocycles. The molecule has 2 N–H and O–H groups in total. The number of alkyl halides is 6. The fourth-order valence-corrected chi connectivity index (χ4v) is 6.42. The van der Waals surface area contributed by atoms with Crippen molar-refractivity contribution in [2.75, 3.05) is 18.2 Å². The average Bonchev–Trinajstić information content (AvgIpc) is 3.54. The van der Waals surface area contributed by atoms with Crippen LogP contribution >= 0.6 is 0 Å². The first-order chi connectivity index (χ1) is 18.9. The van der Waals surface area contributed by atoms with Crippen molar-refractivity contribution in [2.24, 2.45) is 5.41 Å². The third kappa shape index (κ3) is 5.31. The zero-order valence-electron chi connectivity index (χ0n) is 21.0. The number of anilines is 1. The Morgan fingerprint density at radius 3 is 2.17 bits per heavy atom. The topological polar surface area (TPSA) is 137 Å². The lowest BCUT2D eigenvalue weighted by molar-refractivity contribution is -0.376. The molecule has 0 radical (unpaired) electrons. The second kappa shape index (κ2) is 9.91. The molecule has 0 bridgehead atoms. The number of fused-ring (bicyclic) bond motifs is 1. The molecular formula is C25H21F6N3O6S. The molecule has 1 unspecified atom stereocenters. The van der Waals surface area contributed by atoms with E-state index in [1.165, 1.54) is 18.2 Å². The van der Waals surface area contributed by atoms with Crippen molar-refractivity contribution < 1.29 is 54.2 Å². The molecule has 0 saturated heterocycles. The summed E-state index contributed by atoms with van der Waals surface area (Å²) in [6.45, 7) is -0.254. The van der Waals surface area contributed by atoms with Gasteiger partial charge in [-0.3, -0.25) is 9.69 Å². The fraction of sp³-hybridized carbons (Fsp3) is 0.400. The number of nitrogens with one attached hydrogen (secondary N) is 1. The van der Waals surface area contributed by atoms with Crippen LogP contribution in [-0.4, -0.2) is 55.6 Å². The number of amides is 2. The third-order valence-electron chi connectivity index (χ3n) is 7.03. The second-order valence-electron chi connectivity index (χ2n) is 9.78. The van der Waals surface area contributed by atoms with E-state index in [1.54, 1.807) is 0 Å². The van der Waals surface area contributed by atoms with Gasteiger partial charge in [-0.15, -0.1) is 0 Å².